The SMILES string of the molecule is CC(C)CCc1ccc2c(c1)C1(COC(N)=N1)CC(C)(C)C2. The molecule has 1 heterocycles. The maximum atomic E-state index is 5.85. The minimum absolute atomic E-state index is 0.226. The first-order valence-corrected chi connectivity index (χ1v) is 8.40. The minimum Gasteiger partial charge on any atom is -0.462 e. The van der Waals surface area contributed by atoms with E-state index in [-0.39, 0.29) is 11.0 Å². The average molecular weight is 300 g/mol. The topological polar surface area (TPSA) is 47.6 Å². The van der Waals surface area contributed by atoms with Crippen LogP contribution in [-0.4, -0.2) is 12.6 Å². The summed E-state index contributed by atoms with van der Waals surface area (Å²) in [5.41, 5.74) is 9.97. The van der Waals surface area contributed by atoms with E-state index in [2.05, 4.69) is 45.9 Å². The molecule has 0 saturated heterocycles. The molecule has 0 fully saturated rings. The van der Waals surface area contributed by atoms with Crippen molar-refractivity contribution in [1.82, 2.24) is 0 Å². The van der Waals surface area contributed by atoms with E-state index in [4.69, 9.17) is 15.5 Å². The van der Waals surface area contributed by atoms with E-state index in [1.54, 1.807) is 0 Å². The summed E-state index contributed by atoms with van der Waals surface area (Å²) in [6.45, 7) is 9.77. The Morgan fingerprint density at radius 1 is 1.32 bits per heavy atom. The Morgan fingerprint density at radius 2 is 2.09 bits per heavy atom. The first-order valence-electron chi connectivity index (χ1n) is 8.40. The van der Waals surface area contributed by atoms with Crippen molar-refractivity contribution < 1.29 is 4.74 Å². The number of aliphatic imine (C=N–C) groups is 1. The fourth-order valence-corrected chi connectivity index (χ4v) is 3.98. The Labute approximate surface area is 134 Å². The highest BCUT2D eigenvalue weighted by molar-refractivity contribution is 5.74. The number of fused-ring (bicyclic) bond motifs is 2. The van der Waals surface area contributed by atoms with Crippen molar-refractivity contribution in [3.63, 3.8) is 0 Å². The van der Waals surface area contributed by atoms with Crippen molar-refractivity contribution in [2.24, 2.45) is 22.1 Å². The lowest BCUT2D eigenvalue weighted by Gasteiger charge is -2.41. The quantitative estimate of drug-likeness (QED) is 0.923. The predicted octanol–water partition coefficient (Wildman–Crippen LogP) is 3.79. The molecule has 0 bridgehead atoms. The minimum atomic E-state index is -0.269. The van der Waals surface area contributed by atoms with Crippen molar-refractivity contribution in [3.05, 3.63) is 34.9 Å². The van der Waals surface area contributed by atoms with Crippen molar-refractivity contribution in [2.45, 2.75) is 58.9 Å². The lowest BCUT2D eigenvalue weighted by molar-refractivity contribution is 0.163. The Morgan fingerprint density at radius 3 is 2.73 bits per heavy atom. The number of rotatable bonds is 3. The molecule has 2 N–H and O–H groups in total. The van der Waals surface area contributed by atoms with Crippen molar-refractivity contribution in [3.8, 4) is 0 Å². The van der Waals surface area contributed by atoms with Crippen molar-refractivity contribution in [2.75, 3.05) is 6.61 Å². The molecule has 1 aliphatic heterocycles. The third-order valence-corrected chi connectivity index (χ3v) is 4.91. The number of benzene rings is 1. The van der Waals surface area contributed by atoms with E-state index in [1.807, 2.05) is 0 Å². The number of hydrogen-bond donors (Lipinski definition) is 1. The second kappa shape index (κ2) is 5.29. The lowest BCUT2D eigenvalue weighted by atomic mass is 9.65. The van der Waals surface area contributed by atoms with Crippen LogP contribution in [0.15, 0.2) is 23.2 Å². The van der Waals surface area contributed by atoms with Gasteiger partial charge >= 0.3 is 0 Å². The smallest absolute Gasteiger partial charge is 0.283 e. The molecule has 1 aromatic rings. The average Bonchev–Trinajstić information content (AvgIpc) is 2.77. The number of hydrogen-bond acceptors (Lipinski definition) is 3. The molecule has 1 aliphatic carbocycles. The summed E-state index contributed by atoms with van der Waals surface area (Å²) in [7, 11) is 0. The van der Waals surface area contributed by atoms with Gasteiger partial charge in [0, 0.05) is 0 Å². The summed E-state index contributed by atoms with van der Waals surface area (Å²) in [4.78, 5) is 4.72. The summed E-state index contributed by atoms with van der Waals surface area (Å²) in [6.07, 6.45) is 4.45. The van der Waals surface area contributed by atoms with Gasteiger partial charge in [-0.3, -0.25) is 0 Å². The van der Waals surface area contributed by atoms with Crippen LogP contribution < -0.4 is 5.73 Å². The molecule has 0 aromatic heterocycles. The zero-order chi connectivity index (χ0) is 16.0. The summed E-state index contributed by atoms with van der Waals surface area (Å²) >= 11 is 0. The molecular weight excluding hydrogens is 272 g/mol. The van der Waals surface area contributed by atoms with Crippen LogP contribution in [-0.2, 0) is 23.1 Å². The molecule has 0 amide bonds. The van der Waals surface area contributed by atoms with Crippen LogP contribution in [0.4, 0.5) is 0 Å². The largest absolute Gasteiger partial charge is 0.462 e. The van der Waals surface area contributed by atoms with Crippen LogP contribution >= 0.6 is 0 Å². The van der Waals surface area contributed by atoms with E-state index < -0.39 is 0 Å². The highest BCUT2D eigenvalue weighted by Crippen LogP contribution is 2.48. The summed E-state index contributed by atoms with van der Waals surface area (Å²) in [6, 6.07) is 7.30. The monoisotopic (exact) mass is 300 g/mol. The molecule has 0 radical (unpaired) electrons. The zero-order valence-electron chi connectivity index (χ0n) is 14.3. The van der Waals surface area contributed by atoms with Crippen LogP contribution in [0.2, 0.25) is 0 Å². The normalized spacial score (nSPS) is 26.0. The Kier molecular flexibility index (Phi) is 3.70. The molecule has 1 aromatic carbocycles. The van der Waals surface area contributed by atoms with Crippen LogP contribution in [0.5, 0.6) is 0 Å². The van der Waals surface area contributed by atoms with E-state index in [9.17, 15) is 0 Å². The van der Waals surface area contributed by atoms with Crippen LogP contribution in [0.3, 0.4) is 0 Å². The molecule has 3 heteroatoms. The van der Waals surface area contributed by atoms with Gasteiger partial charge in [0.1, 0.15) is 12.1 Å². The summed E-state index contributed by atoms with van der Waals surface area (Å²) in [5.74, 6) is 0.729. The molecule has 120 valence electrons. The van der Waals surface area contributed by atoms with E-state index in [1.165, 1.54) is 23.1 Å². The van der Waals surface area contributed by atoms with Gasteiger partial charge in [-0.1, -0.05) is 45.9 Å². The van der Waals surface area contributed by atoms with Gasteiger partial charge in [-0.15, -0.1) is 0 Å². The zero-order valence-corrected chi connectivity index (χ0v) is 14.3. The van der Waals surface area contributed by atoms with Crippen LogP contribution in [0.1, 0.15) is 57.2 Å². The van der Waals surface area contributed by atoms with Gasteiger partial charge in [-0.2, -0.15) is 0 Å². The lowest BCUT2D eigenvalue weighted by Crippen LogP contribution is -2.39. The Balaban J connectivity index is 2.00. The van der Waals surface area contributed by atoms with E-state index >= 15 is 0 Å². The summed E-state index contributed by atoms with van der Waals surface area (Å²) < 4.78 is 5.56. The van der Waals surface area contributed by atoms with Crippen molar-refractivity contribution >= 4 is 6.02 Å². The third-order valence-electron chi connectivity index (χ3n) is 4.91. The van der Waals surface area contributed by atoms with Gasteiger partial charge in [0.05, 0.1) is 0 Å². The molecule has 1 atom stereocenters. The fourth-order valence-electron chi connectivity index (χ4n) is 3.98. The molecule has 22 heavy (non-hydrogen) atoms. The molecular formula is C19H28N2O. The number of nitrogens with two attached hydrogens (primary N) is 1. The first-order chi connectivity index (χ1) is 10.3. The summed E-state index contributed by atoms with van der Waals surface area (Å²) in [5, 5.41) is 0. The van der Waals surface area contributed by atoms with E-state index in [0.29, 0.717) is 12.6 Å². The predicted molar refractivity (Wildman–Crippen MR) is 91.0 cm³/mol. The maximum Gasteiger partial charge on any atom is 0.283 e. The van der Waals surface area contributed by atoms with Gasteiger partial charge in [0.15, 0.2) is 0 Å². The maximum absolute atomic E-state index is 5.85. The number of nitrogens with zero attached hydrogens (tertiary/aromatic N) is 1. The fraction of sp³-hybridized carbons (Fsp3) is 0.632. The molecule has 1 unspecified atom stereocenters. The first kappa shape index (κ1) is 15.4. The number of aryl methyl sites for hydroxylation is 1. The van der Waals surface area contributed by atoms with Crippen molar-refractivity contribution in [1.29, 1.82) is 0 Å². The second-order valence-electron chi connectivity index (χ2n) is 8.21. The standard InChI is InChI=1S/C19H28N2O/c1-13(2)5-6-14-7-8-15-10-18(3,4)11-19(16(15)9-14)12-22-17(20)21-19/h7-9,13H,5-6,10-12H2,1-4H3,(H2,20,21). The van der Waals surface area contributed by atoms with Crippen LogP contribution in [0.25, 0.3) is 0 Å². The molecule has 0 saturated carbocycles. The Bertz CT molecular complexity index is 603. The highest BCUT2D eigenvalue weighted by atomic mass is 16.5. The van der Waals surface area contributed by atoms with Gasteiger partial charge in [-0.25, -0.2) is 4.99 Å². The Hall–Kier alpha value is -1.51. The van der Waals surface area contributed by atoms with Gasteiger partial charge in [0.25, 0.3) is 6.02 Å². The number of ether oxygens (including phenoxy) is 1. The molecule has 2 aliphatic rings. The van der Waals surface area contributed by atoms with Gasteiger partial charge in [0.2, 0.25) is 0 Å². The number of amidine groups is 1. The highest BCUT2D eigenvalue weighted by Gasteiger charge is 2.47. The van der Waals surface area contributed by atoms with Gasteiger partial charge < -0.3 is 10.5 Å². The molecule has 3 rings (SSSR count). The molecule has 1 spiro atoms. The third kappa shape index (κ3) is 2.86. The second-order valence-corrected chi connectivity index (χ2v) is 8.21. The van der Waals surface area contributed by atoms with E-state index in [0.717, 1.165) is 25.2 Å². The molecule has 3 nitrogen and oxygen atoms in total. The van der Waals surface area contributed by atoms with Crippen LogP contribution in [0, 0.1) is 11.3 Å². The van der Waals surface area contributed by atoms with Gasteiger partial charge in [-0.05, 0) is 53.7 Å².